The maximum atomic E-state index is 5.82. The summed E-state index contributed by atoms with van der Waals surface area (Å²) in [7, 11) is 1.66. The van der Waals surface area contributed by atoms with Crippen LogP contribution in [0.5, 0.6) is 5.75 Å². The Hall–Kier alpha value is -2.21. The minimum absolute atomic E-state index is 0.579. The average Bonchev–Trinajstić information content (AvgIpc) is 2.98. The second kappa shape index (κ2) is 5.42. The standard InChI is InChI=1S/C14H13N3O2S/c1-18-10-4-2-9(3-5-10)8-20-12-7-6-11(15)13-14(12)17-19-16-13/h2-7H,8,15H2,1H3. The molecule has 0 aliphatic heterocycles. The number of nitrogens with zero attached hydrogens (tertiary/aromatic N) is 2. The van der Waals surface area contributed by atoms with Crippen molar-refractivity contribution in [1.29, 1.82) is 0 Å². The zero-order valence-corrected chi connectivity index (χ0v) is 11.7. The van der Waals surface area contributed by atoms with Crippen LogP contribution in [0.3, 0.4) is 0 Å². The molecule has 0 spiro atoms. The fourth-order valence-corrected chi connectivity index (χ4v) is 2.81. The number of aromatic nitrogens is 2. The Morgan fingerprint density at radius 3 is 2.60 bits per heavy atom. The van der Waals surface area contributed by atoms with Crippen LogP contribution >= 0.6 is 11.8 Å². The predicted molar refractivity (Wildman–Crippen MR) is 78.8 cm³/mol. The molecule has 2 N–H and O–H groups in total. The van der Waals surface area contributed by atoms with Gasteiger partial charge in [0.05, 0.1) is 12.8 Å². The highest BCUT2D eigenvalue weighted by Crippen LogP contribution is 2.31. The molecule has 0 bridgehead atoms. The van der Waals surface area contributed by atoms with Gasteiger partial charge in [-0.2, -0.15) is 0 Å². The Labute approximate surface area is 120 Å². The van der Waals surface area contributed by atoms with Crippen LogP contribution in [-0.2, 0) is 5.75 Å². The van der Waals surface area contributed by atoms with Gasteiger partial charge >= 0.3 is 0 Å². The Kier molecular flexibility index (Phi) is 3.47. The maximum Gasteiger partial charge on any atom is 0.159 e. The fraction of sp³-hybridized carbons (Fsp3) is 0.143. The van der Waals surface area contributed by atoms with Crippen molar-refractivity contribution < 1.29 is 9.37 Å². The van der Waals surface area contributed by atoms with Gasteiger partial charge < -0.3 is 10.5 Å². The largest absolute Gasteiger partial charge is 0.497 e. The molecule has 1 aromatic heterocycles. The van der Waals surface area contributed by atoms with E-state index in [-0.39, 0.29) is 0 Å². The van der Waals surface area contributed by atoms with E-state index < -0.39 is 0 Å². The summed E-state index contributed by atoms with van der Waals surface area (Å²) < 4.78 is 9.90. The van der Waals surface area contributed by atoms with E-state index in [1.54, 1.807) is 18.9 Å². The van der Waals surface area contributed by atoms with Gasteiger partial charge in [-0.3, -0.25) is 0 Å². The smallest absolute Gasteiger partial charge is 0.159 e. The van der Waals surface area contributed by atoms with Crippen molar-refractivity contribution in [3.63, 3.8) is 0 Å². The normalized spacial score (nSPS) is 10.8. The summed E-state index contributed by atoms with van der Waals surface area (Å²) in [6, 6.07) is 11.7. The van der Waals surface area contributed by atoms with E-state index in [2.05, 4.69) is 10.3 Å². The highest BCUT2D eigenvalue weighted by molar-refractivity contribution is 7.98. The number of ether oxygens (including phenoxy) is 1. The zero-order chi connectivity index (χ0) is 13.9. The Bertz CT molecular complexity index is 725. The predicted octanol–water partition coefficient (Wildman–Crippen LogP) is 3.11. The van der Waals surface area contributed by atoms with Gasteiger partial charge in [-0.1, -0.05) is 12.1 Å². The topological polar surface area (TPSA) is 74.2 Å². The first kappa shape index (κ1) is 12.8. The van der Waals surface area contributed by atoms with Crippen molar-refractivity contribution >= 4 is 28.5 Å². The number of hydrogen-bond donors (Lipinski definition) is 1. The molecule has 6 heteroatoms. The monoisotopic (exact) mass is 287 g/mol. The molecule has 0 fully saturated rings. The van der Waals surface area contributed by atoms with Crippen LogP contribution in [0.25, 0.3) is 11.0 Å². The number of thioether (sulfide) groups is 1. The van der Waals surface area contributed by atoms with E-state index >= 15 is 0 Å². The molecule has 3 rings (SSSR count). The molecule has 2 aromatic carbocycles. The lowest BCUT2D eigenvalue weighted by Gasteiger charge is -2.04. The Balaban J connectivity index is 1.79. The third-order valence-electron chi connectivity index (χ3n) is 2.96. The van der Waals surface area contributed by atoms with Gasteiger partial charge in [0.25, 0.3) is 0 Å². The SMILES string of the molecule is COc1ccc(CSc2ccc(N)c3nonc23)cc1. The number of nitrogen functional groups attached to an aromatic ring is 1. The van der Waals surface area contributed by atoms with E-state index in [9.17, 15) is 0 Å². The van der Waals surface area contributed by atoms with Crippen LogP contribution in [0.15, 0.2) is 45.9 Å². The molecule has 0 aliphatic carbocycles. The van der Waals surface area contributed by atoms with E-state index in [0.717, 1.165) is 16.4 Å². The number of anilines is 1. The van der Waals surface area contributed by atoms with Crippen molar-refractivity contribution in [2.45, 2.75) is 10.6 Å². The summed E-state index contributed by atoms with van der Waals surface area (Å²) in [5.74, 6) is 1.69. The molecule has 0 unspecified atom stereocenters. The van der Waals surface area contributed by atoms with Crippen LogP contribution < -0.4 is 10.5 Å². The second-order valence-corrected chi connectivity index (χ2v) is 5.27. The molecule has 0 aliphatic rings. The summed E-state index contributed by atoms with van der Waals surface area (Å²) in [6.07, 6.45) is 0. The third kappa shape index (κ3) is 2.42. The molecule has 20 heavy (non-hydrogen) atoms. The first-order valence-corrected chi connectivity index (χ1v) is 7.03. The van der Waals surface area contributed by atoms with Gasteiger partial charge in [-0.15, -0.1) is 11.8 Å². The van der Waals surface area contributed by atoms with Crippen LogP contribution in [0.4, 0.5) is 5.69 Å². The Morgan fingerprint density at radius 2 is 1.85 bits per heavy atom. The van der Waals surface area contributed by atoms with Crippen molar-refractivity contribution in [2.24, 2.45) is 0 Å². The summed E-state index contributed by atoms with van der Waals surface area (Å²) in [5, 5.41) is 7.73. The number of methoxy groups -OCH3 is 1. The lowest BCUT2D eigenvalue weighted by molar-refractivity contribution is 0.315. The number of fused-ring (bicyclic) bond motifs is 1. The Morgan fingerprint density at radius 1 is 1.10 bits per heavy atom. The molecule has 0 atom stereocenters. The van der Waals surface area contributed by atoms with Crippen molar-refractivity contribution in [3.05, 3.63) is 42.0 Å². The number of nitrogens with two attached hydrogens (primary N) is 1. The minimum Gasteiger partial charge on any atom is -0.497 e. The van der Waals surface area contributed by atoms with Crippen LogP contribution in [0, 0.1) is 0 Å². The number of hydrogen-bond acceptors (Lipinski definition) is 6. The van der Waals surface area contributed by atoms with Gasteiger partial charge in [0.2, 0.25) is 0 Å². The average molecular weight is 287 g/mol. The fourth-order valence-electron chi connectivity index (χ4n) is 1.86. The summed E-state index contributed by atoms with van der Waals surface area (Å²) in [4.78, 5) is 1.01. The van der Waals surface area contributed by atoms with Gasteiger partial charge in [0, 0.05) is 10.6 Å². The van der Waals surface area contributed by atoms with Gasteiger partial charge in [0.1, 0.15) is 5.75 Å². The van der Waals surface area contributed by atoms with Gasteiger partial charge in [-0.05, 0) is 40.1 Å². The number of rotatable bonds is 4. The maximum absolute atomic E-state index is 5.82. The quantitative estimate of drug-likeness (QED) is 0.587. The molecular weight excluding hydrogens is 274 g/mol. The molecule has 0 amide bonds. The van der Waals surface area contributed by atoms with Gasteiger partial charge in [0.15, 0.2) is 11.0 Å². The van der Waals surface area contributed by atoms with Crippen molar-refractivity contribution in [1.82, 2.24) is 10.3 Å². The highest BCUT2D eigenvalue weighted by Gasteiger charge is 2.10. The number of benzene rings is 2. The molecule has 102 valence electrons. The zero-order valence-electron chi connectivity index (χ0n) is 10.9. The van der Waals surface area contributed by atoms with Gasteiger partial charge in [-0.25, -0.2) is 4.63 Å². The minimum atomic E-state index is 0.579. The van der Waals surface area contributed by atoms with Crippen LogP contribution in [0.2, 0.25) is 0 Å². The molecule has 0 radical (unpaired) electrons. The van der Waals surface area contributed by atoms with E-state index in [1.165, 1.54) is 5.56 Å². The van der Waals surface area contributed by atoms with E-state index in [4.69, 9.17) is 15.1 Å². The summed E-state index contributed by atoms with van der Waals surface area (Å²) >= 11 is 1.67. The van der Waals surface area contributed by atoms with Crippen LogP contribution in [-0.4, -0.2) is 17.4 Å². The van der Waals surface area contributed by atoms with E-state index in [1.807, 2.05) is 36.4 Å². The van der Waals surface area contributed by atoms with Crippen LogP contribution in [0.1, 0.15) is 5.56 Å². The lowest BCUT2D eigenvalue weighted by Crippen LogP contribution is -1.88. The molecule has 5 nitrogen and oxygen atoms in total. The summed E-state index contributed by atoms with van der Waals surface area (Å²) in [6.45, 7) is 0. The van der Waals surface area contributed by atoms with Crippen molar-refractivity contribution in [3.8, 4) is 5.75 Å². The van der Waals surface area contributed by atoms with Crippen molar-refractivity contribution in [2.75, 3.05) is 12.8 Å². The molecule has 0 saturated heterocycles. The second-order valence-electron chi connectivity index (χ2n) is 4.25. The molecular formula is C14H13N3O2S. The lowest BCUT2D eigenvalue weighted by atomic mass is 10.2. The first-order chi connectivity index (χ1) is 9.78. The molecule has 1 heterocycles. The first-order valence-electron chi connectivity index (χ1n) is 6.04. The van der Waals surface area contributed by atoms with E-state index in [0.29, 0.717) is 16.7 Å². The molecule has 0 saturated carbocycles. The molecule has 3 aromatic rings. The highest BCUT2D eigenvalue weighted by atomic mass is 32.2. The summed E-state index contributed by atoms with van der Waals surface area (Å²) in [5.41, 5.74) is 8.93. The third-order valence-corrected chi connectivity index (χ3v) is 4.08.